The molecule has 0 aromatic carbocycles. The van der Waals surface area contributed by atoms with E-state index in [1.54, 1.807) is 13.0 Å². The van der Waals surface area contributed by atoms with E-state index in [1.165, 1.54) is 0 Å². The Morgan fingerprint density at radius 3 is 2.60 bits per heavy atom. The minimum absolute atomic E-state index is 0.0417. The van der Waals surface area contributed by atoms with E-state index in [2.05, 4.69) is 0 Å². The second kappa shape index (κ2) is 2.39. The number of Topliss-reactive ketones (excluding diaryl/α,β-unsaturated/α-hetero) is 1. The number of hydrogen-bond donors (Lipinski definition) is 1. The molecule has 0 fully saturated rings. The predicted octanol–water partition coefficient (Wildman–Crippen LogP) is 0.789. The summed E-state index contributed by atoms with van der Waals surface area (Å²) < 4.78 is 0. The molecule has 1 aliphatic rings. The maximum absolute atomic E-state index is 11.1. The fraction of sp³-hybridized carbons (Fsp3) is 0.375. The first-order chi connectivity index (χ1) is 4.63. The standard InChI is InChI=1S/C8H11NO/c1-5-3-4-7(9)8(10)6(5)2/h3-4,7H,9H2,1-2H3. The summed E-state index contributed by atoms with van der Waals surface area (Å²) in [5.74, 6) is 0.0417. The van der Waals surface area contributed by atoms with Crippen LogP contribution in [-0.2, 0) is 4.79 Å². The second-order valence-corrected chi connectivity index (χ2v) is 2.56. The average molecular weight is 137 g/mol. The van der Waals surface area contributed by atoms with Crippen LogP contribution in [0.5, 0.6) is 0 Å². The van der Waals surface area contributed by atoms with Crippen LogP contribution in [0.2, 0.25) is 0 Å². The van der Waals surface area contributed by atoms with Crippen LogP contribution in [0.15, 0.2) is 23.3 Å². The van der Waals surface area contributed by atoms with Crippen molar-refractivity contribution >= 4 is 5.78 Å². The van der Waals surface area contributed by atoms with Gasteiger partial charge in [-0.3, -0.25) is 4.79 Å². The molecule has 0 spiro atoms. The molecule has 0 radical (unpaired) electrons. The molecule has 2 nitrogen and oxygen atoms in total. The van der Waals surface area contributed by atoms with Crippen LogP contribution in [-0.4, -0.2) is 11.8 Å². The van der Waals surface area contributed by atoms with Gasteiger partial charge in [0.05, 0.1) is 6.04 Å². The zero-order valence-corrected chi connectivity index (χ0v) is 6.22. The van der Waals surface area contributed by atoms with Gasteiger partial charge in [-0.15, -0.1) is 0 Å². The molecule has 0 saturated heterocycles. The SMILES string of the molecule is CC1=C(C)C(=O)C(N)C=C1. The van der Waals surface area contributed by atoms with Crippen LogP contribution in [0.1, 0.15) is 13.8 Å². The van der Waals surface area contributed by atoms with Gasteiger partial charge in [0.1, 0.15) is 0 Å². The van der Waals surface area contributed by atoms with E-state index >= 15 is 0 Å². The molecule has 2 N–H and O–H groups in total. The van der Waals surface area contributed by atoms with Crippen LogP contribution < -0.4 is 5.73 Å². The monoisotopic (exact) mass is 137 g/mol. The average Bonchev–Trinajstić information content (AvgIpc) is 1.93. The quantitative estimate of drug-likeness (QED) is 0.536. The number of rotatable bonds is 0. The fourth-order valence-corrected chi connectivity index (χ4v) is 0.905. The second-order valence-electron chi connectivity index (χ2n) is 2.56. The lowest BCUT2D eigenvalue weighted by molar-refractivity contribution is -0.115. The van der Waals surface area contributed by atoms with Crippen molar-refractivity contribution in [2.75, 3.05) is 0 Å². The Balaban J connectivity index is 3.00. The minimum atomic E-state index is -0.413. The summed E-state index contributed by atoms with van der Waals surface area (Å²) in [4.78, 5) is 11.1. The molecule has 1 rings (SSSR count). The van der Waals surface area contributed by atoms with Crippen molar-refractivity contribution in [2.24, 2.45) is 5.73 Å². The molecule has 1 atom stereocenters. The number of ketones is 1. The molecule has 0 amide bonds. The number of carbonyl (C=O) groups is 1. The van der Waals surface area contributed by atoms with Crippen molar-refractivity contribution < 1.29 is 4.79 Å². The molecule has 0 aromatic heterocycles. The van der Waals surface area contributed by atoms with Crippen LogP contribution in [0.3, 0.4) is 0 Å². The van der Waals surface area contributed by atoms with Crippen LogP contribution in [0, 0.1) is 0 Å². The van der Waals surface area contributed by atoms with Gasteiger partial charge in [0.25, 0.3) is 0 Å². The van der Waals surface area contributed by atoms with Gasteiger partial charge >= 0.3 is 0 Å². The largest absolute Gasteiger partial charge is 0.318 e. The summed E-state index contributed by atoms with van der Waals surface area (Å²) in [6, 6.07) is -0.413. The van der Waals surface area contributed by atoms with Crippen molar-refractivity contribution in [3.63, 3.8) is 0 Å². The zero-order valence-electron chi connectivity index (χ0n) is 6.22. The van der Waals surface area contributed by atoms with E-state index in [1.807, 2.05) is 13.0 Å². The summed E-state index contributed by atoms with van der Waals surface area (Å²) in [6.45, 7) is 3.72. The normalized spacial score (nSPS) is 25.9. The molecule has 10 heavy (non-hydrogen) atoms. The Morgan fingerprint density at radius 1 is 1.50 bits per heavy atom. The third kappa shape index (κ3) is 1.02. The van der Waals surface area contributed by atoms with E-state index in [-0.39, 0.29) is 5.78 Å². The first-order valence-corrected chi connectivity index (χ1v) is 3.28. The van der Waals surface area contributed by atoms with Crippen LogP contribution in [0.25, 0.3) is 0 Å². The van der Waals surface area contributed by atoms with Crippen molar-refractivity contribution in [1.82, 2.24) is 0 Å². The summed E-state index contributed by atoms with van der Waals surface area (Å²) in [7, 11) is 0. The molecule has 1 unspecified atom stereocenters. The molecular formula is C8H11NO. The Morgan fingerprint density at radius 2 is 2.10 bits per heavy atom. The number of hydrogen-bond acceptors (Lipinski definition) is 2. The third-order valence-electron chi connectivity index (χ3n) is 1.82. The molecular weight excluding hydrogens is 126 g/mol. The molecule has 0 heterocycles. The van der Waals surface area contributed by atoms with Crippen LogP contribution in [0.4, 0.5) is 0 Å². The highest BCUT2D eigenvalue weighted by molar-refractivity contribution is 6.02. The summed E-state index contributed by atoms with van der Waals surface area (Å²) in [5.41, 5.74) is 7.27. The Labute approximate surface area is 60.4 Å². The maximum Gasteiger partial charge on any atom is 0.179 e. The predicted molar refractivity (Wildman–Crippen MR) is 40.5 cm³/mol. The lowest BCUT2D eigenvalue weighted by Gasteiger charge is -2.12. The van der Waals surface area contributed by atoms with E-state index < -0.39 is 6.04 Å². The summed E-state index contributed by atoms with van der Waals surface area (Å²) in [5, 5.41) is 0. The fourth-order valence-electron chi connectivity index (χ4n) is 0.905. The Hall–Kier alpha value is -0.890. The van der Waals surface area contributed by atoms with Crippen molar-refractivity contribution in [1.29, 1.82) is 0 Å². The van der Waals surface area contributed by atoms with Gasteiger partial charge in [-0.25, -0.2) is 0 Å². The van der Waals surface area contributed by atoms with Crippen molar-refractivity contribution in [3.8, 4) is 0 Å². The smallest absolute Gasteiger partial charge is 0.179 e. The maximum atomic E-state index is 11.1. The molecule has 54 valence electrons. The van der Waals surface area contributed by atoms with Crippen LogP contribution >= 0.6 is 0 Å². The van der Waals surface area contributed by atoms with Crippen molar-refractivity contribution in [3.05, 3.63) is 23.3 Å². The molecule has 0 saturated carbocycles. The lowest BCUT2D eigenvalue weighted by Crippen LogP contribution is -2.31. The summed E-state index contributed by atoms with van der Waals surface area (Å²) in [6.07, 6.45) is 3.62. The minimum Gasteiger partial charge on any atom is -0.318 e. The zero-order chi connectivity index (χ0) is 7.72. The molecule has 0 aliphatic heterocycles. The first-order valence-electron chi connectivity index (χ1n) is 3.28. The van der Waals surface area contributed by atoms with E-state index in [0.717, 1.165) is 11.1 Å². The van der Waals surface area contributed by atoms with Gasteiger partial charge < -0.3 is 5.73 Å². The van der Waals surface area contributed by atoms with E-state index in [9.17, 15) is 4.79 Å². The van der Waals surface area contributed by atoms with Gasteiger partial charge in [-0.1, -0.05) is 12.2 Å². The van der Waals surface area contributed by atoms with Gasteiger partial charge in [0.15, 0.2) is 5.78 Å². The van der Waals surface area contributed by atoms with Crippen molar-refractivity contribution in [2.45, 2.75) is 19.9 Å². The summed E-state index contributed by atoms with van der Waals surface area (Å²) >= 11 is 0. The van der Waals surface area contributed by atoms with E-state index in [0.29, 0.717) is 0 Å². The lowest BCUT2D eigenvalue weighted by atomic mass is 9.96. The van der Waals surface area contributed by atoms with Gasteiger partial charge in [-0.05, 0) is 25.0 Å². The first kappa shape index (κ1) is 7.22. The molecule has 1 aliphatic carbocycles. The topological polar surface area (TPSA) is 43.1 Å². The van der Waals surface area contributed by atoms with Gasteiger partial charge in [0, 0.05) is 0 Å². The highest BCUT2D eigenvalue weighted by atomic mass is 16.1. The number of nitrogens with two attached hydrogens (primary N) is 1. The molecule has 0 aromatic rings. The van der Waals surface area contributed by atoms with Gasteiger partial charge in [0.2, 0.25) is 0 Å². The molecule has 0 bridgehead atoms. The molecule has 2 heteroatoms. The Kier molecular flexibility index (Phi) is 1.72. The highest BCUT2D eigenvalue weighted by Crippen LogP contribution is 2.13. The number of carbonyl (C=O) groups excluding carboxylic acids is 1. The van der Waals surface area contributed by atoms with Gasteiger partial charge in [-0.2, -0.15) is 0 Å². The number of allylic oxidation sites excluding steroid dienone is 2. The third-order valence-corrected chi connectivity index (χ3v) is 1.82. The Bertz CT molecular complexity index is 225. The van der Waals surface area contributed by atoms with E-state index in [4.69, 9.17) is 5.73 Å². The highest BCUT2D eigenvalue weighted by Gasteiger charge is 2.16.